The lowest BCUT2D eigenvalue weighted by Crippen LogP contribution is -2.48. The lowest BCUT2D eigenvalue weighted by Gasteiger charge is -2.35. The van der Waals surface area contributed by atoms with Crippen LogP contribution in [-0.2, 0) is 4.79 Å². The molecule has 0 aliphatic carbocycles. The van der Waals surface area contributed by atoms with Gasteiger partial charge in [0.1, 0.15) is 5.75 Å². The lowest BCUT2D eigenvalue weighted by atomic mass is 9.92. The summed E-state index contributed by atoms with van der Waals surface area (Å²) in [4.78, 5) is 14.2. The van der Waals surface area contributed by atoms with Crippen LogP contribution in [0.2, 0.25) is 0 Å². The molecule has 0 bridgehead atoms. The summed E-state index contributed by atoms with van der Waals surface area (Å²) in [5.74, 6) is -1.67. The molecule has 1 saturated heterocycles. The molecule has 22 heavy (non-hydrogen) atoms. The fraction of sp³-hybridized carbons (Fsp3) is 0.562. The van der Waals surface area contributed by atoms with Crippen molar-refractivity contribution in [3.8, 4) is 5.75 Å². The molecule has 2 N–H and O–H groups in total. The molecular formula is C16H22F2N2O2. The predicted octanol–water partition coefficient (Wildman–Crippen LogP) is 2.32. The first-order chi connectivity index (χ1) is 10.4. The number of ether oxygens (including phenoxy) is 1. The van der Waals surface area contributed by atoms with E-state index in [0.29, 0.717) is 13.1 Å². The van der Waals surface area contributed by atoms with Crippen molar-refractivity contribution < 1.29 is 18.3 Å². The van der Waals surface area contributed by atoms with Gasteiger partial charge in [-0.2, -0.15) is 0 Å². The molecule has 0 radical (unpaired) electrons. The number of likely N-dealkylation sites (tertiary alicyclic amines) is 1. The van der Waals surface area contributed by atoms with Crippen LogP contribution >= 0.6 is 0 Å². The van der Waals surface area contributed by atoms with Gasteiger partial charge >= 0.3 is 0 Å². The van der Waals surface area contributed by atoms with Gasteiger partial charge in [0, 0.05) is 25.2 Å². The maximum Gasteiger partial charge on any atom is 0.263 e. The second-order valence-corrected chi connectivity index (χ2v) is 5.88. The Kier molecular flexibility index (Phi) is 5.34. The second kappa shape index (κ2) is 7.05. The summed E-state index contributed by atoms with van der Waals surface area (Å²) >= 11 is 0. The van der Waals surface area contributed by atoms with Crippen LogP contribution in [0.15, 0.2) is 18.2 Å². The van der Waals surface area contributed by atoms with Crippen molar-refractivity contribution in [1.29, 1.82) is 0 Å². The van der Waals surface area contributed by atoms with Crippen LogP contribution in [0.25, 0.3) is 0 Å². The Morgan fingerprint density at radius 2 is 2.09 bits per heavy atom. The number of hydrogen-bond acceptors (Lipinski definition) is 3. The molecule has 3 atom stereocenters. The third-order valence-corrected chi connectivity index (χ3v) is 4.06. The van der Waals surface area contributed by atoms with Gasteiger partial charge in [-0.15, -0.1) is 0 Å². The number of benzene rings is 1. The average molecular weight is 312 g/mol. The summed E-state index contributed by atoms with van der Waals surface area (Å²) in [6, 6.07) is 3.27. The number of hydrogen-bond donors (Lipinski definition) is 1. The third-order valence-electron chi connectivity index (χ3n) is 4.06. The van der Waals surface area contributed by atoms with Crippen molar-refractivity contribution in [1.82, 2.24) is 4.90 Å². The maximum atomic E-state index is 13.2. The number of rotatable bonds is 4. The SMILES string of the molecule is CC(Oc1ccc(F)c(F)c1)C(=O)N1CCCC(C(C)N)C1. The van der Waals surface area contributed by atoms with E-state index in [2.05, 4.69) is 0 Å². The molecule has 1 heterocycles. The van der Waals surface area contributed by atoms with Crippen LogP contribution in [0, 0.1) is 17.6 Å². The topological polar surface area (TPSA) is 55.6 Å². The summed E-state index contributed by atoms with van der Waals surface area (Å²) in [6.45, 7) is 4.84. The molecule has 1 aliphatic rings. The highest BCUT2D eigenvalue weighted by atomic mass is 19.2. The van der Waals surface area contributed by atoms with Crippen LogP contribution in [0.4, 0.5) is 8.78 Å². The van der Waals surface area contributed by atoms with E-state index in [4.69, 9.17) is 10.5 Å². The van der Waals surface area contributed by atoms with Crippen molar-refractivity contribution in [2.24, 2.45) is 11.7 Å². The first kappa shape index (κ1) is 16.7. The van der Waals surface area contributed by atoms with Gasteiger partial charge < -0.3 is 15.4 Å². The Balaban J connectivity index is 1.97. The number of nitrogens with zero attached hydrogens (tertiary/aromatic N) is 1. The second-order valence-electron chi connectivity index (χ2n) is 5.88. The molecule has 0 spiro atoms. The van der Waals surface area contributed by atoms with Gasteiger partial charge in [-0.3, -0.25) is 4.79 Å². The largest absolute Gasteiger partial charge is 0.481 e. The van der Waals surface area contributed by atoms with Crippen LogP contribution < -0.4 is 10.5 Å². The molecule has 1 aromatic carbocycles. The van der Waals surface area contributed by atoms with Gasteiger partial charge in [0.2, 0.25) is 0 Å². The number of nitrogens with two attached hydrogens (primary N) is 1. The molecule has 1 fully saturated rings. The number of carbonyl (C=O) groups is 1. The Morgan fingerprint density at radius 3 is 2.73 bits per heavy atom. The normalized spacial score (nSPS) is 21.3. The Bertz CT molecular complexity index is 537. The van der Waals surface area contributed by atoms with Crippen molar-refractivity contribution in [3.05, 3.63) is 29.8 Å². The number of carbonyl (C=O) groups excluding carboxylic acids is 1. The van der Waals surface area contributed by atoms with Crippen LogP contribution in [0.1, 0.15) is 26.7 Å². The highest BCUT2D eigenvalue weighted by Crippen LogP contribution is 2.21. The van der Waals surface area contributed by atoms with Gasteiger partial charge in [-0.1, -0.05) is 0 Å². The zero-order valence-electron chi connectivity index (χ0n) is 12.9. The minimum absolute atomic E-state index is 0.0398. The van der Waals surface area contributed by atoms with Crippen molar-refractivity contribution in [2.45, 2.75) is 38.8 Å². The molecule has 1 aromatic rings. The first-order valence-electron chi connectivity index (χ1n) is 7.54. The molecule has 2 rings (SSSR count). The summed E-state index contributed by atoms with van der Waals surface area (Å²) in [5.41, 5.74) is 5.91. The standard InChI is InChI=1S/C16H22F2N2O2/c1-10(19)12-4-3-7-20(9-12)16(21)11(2)22-13-5-6-14(17)15(18)8-13/h5-6,8,10-12H,3-4,7,9,19H2,1-2H3. The van der Waals surface area contributed by atoms with Crippen molar-refractivity contribution >= 4 is 5.91 Å². The zero-order valence-corrected chi connectivity index (χ0v) is 12.9. The minimum Gasteiger partial charge on any atom is -0.481 e. The molecule has 0 saturated carbocycles. The number of amides is 1. The van der Waals surface area contributed by atoms with E-state index in [-0.39, 0.29) is 23.6 Å². The van der Waals surface area contributed by atoms with Gasteiger partial charge in [0.15, 0.2) is 17.7 Å². The van der Waals surface area contributed by atoms with E-state index in [9.17, 15) is 13.6 Å². The molecular weight excluding hydrogens is 290 g/mol. The van der Waals surface area contributed by atoms with Gasteiger partial charge in [0.25, 0.3) is 5.91 Å². The third kappa shape index (κ3) is 3.94. The van der Waals surface area contributed by atoms with E-state index in [0.717, 1.165) is 25.0 Å². The van der Waals surface area contributed by atoms with Gasteiger partial charge in [-0.25, -0.2) is 8.78 Å². The van der Waals surface area contributed by atoms with Gasteiger partial charge in [-0.05, 0) is 44.7 Å². The summed E-state index contributed by atoms with van der Waals surface area (Å²) in [6.07, 6.45) is 1.17. The fourth-order valence-electron chi connectivity index (χ4n) is 2.70. The van der Waals surface area contributed by atoms with E-state index in [1.165, 1.54) is 6.07 Å². The van der Waals surface area contributed by atoms with Crippen molar-refractivity contribution in [3.63, 3.8) is 0 Å². The average Bonchev–Trinajstić information content (AvgIpc) is 2.50. The fourth-order valence-corrected chi connectivity index (χ4v) is 2.70. The highest BCUT2D eigenvalue weighted by molar-refractivity contribution is 5.81. The number of halogens is 2. The molecule has 122 valence electrons. The first-order valence-corrected chi connectivity index (χ1v) is 7.54. The lowest BCUT2D eigenvalue weighted by molar-refractivity contribution is -0.139. The molecule has 3 unspecified atom stereocenters. The maximum absolute atomic E-state index is 13.2. The quantitative estimate of drug-likeness (QED) is 0.928. The van der Waals surface area contributed by atoms with E-state index in [1.807, 2.05) is 6.92 Å². The van der Waals surface area contributed by atoms with Crippen LogP contribution in [0.3, 0.4) is 0 Å². The van der Waals surface area contributed by atoms with E-state index >= 15 is 0 Å². The van der Waals surface area contributed by atoms with Gasteiger partial charge in [0.05, 0.1) is 0 Å². The highest BCUT2D eigenvalue weighted by Gasteiger charge is 2.29. The monoisotopic (exact) mass is 312 g/mol. The molecule has 0 aromatic heterocycles. The zero-order chi connectivity index (χ0) is 16.3. The Morgan fingerprint density at radius 1 is 1.36 bits per heavy atom. The number of piperidine rings is 1. The Hall–Kier alpha value is -1.69. The predicted molar refractivity (Wildman–Crippen MR) is 79.4 cm³/mol. The Labute approximate surface area is 129 Å². The summed E-state index contributed by atoms with van der Waals surface area (Å²) in [7, 11) is 0. The van der Waals surface area contributed by atoms with E-state index < -0.39 is 17.7 Å². The summed E-state index contributed by atoms with van der Waals surface area (Å²) < 4.78 is 31.5. The molecule has 4 nitrogen and oxygen atoms in total. The van der Waals surface area contributed by atoms with Crippen LogP contribution in [-0.4, -0.2) is 36.0 Å². The van der Waals surface area contributed by atoms with Crippen molar-refractivity contribution in [2.75, 3.05) is 13.1 Å². The smallest absolute Gasteiger partial charge is 0.263 e. The molecule has 1 amide bonds. The minimum atomic E-state index is -0.993. The van der Waals surface area contributed by atoms with Crippen LogP contribution in [0.5, 0.6) is 5.75 Å². The molecule has 1 aliphatic heterocycles. The van der Waals surface area contributed by atoms with E-state index in [1.54, 1.807) is 11.8 Å². The summed E-state index contributed by atoms with van der Waals surface area (Å²) in [5, 5.41) is 0. The molecule has 6 heteroatoms.